The van der Waals surface area contributed by atoms with E-state index in [1.165, 1.54) is 11.3 Å². The molecule has 8 nitrogen and oxygen atoms in total. The monoisotopic (exact) mass is 453 g/mol. The first-order valence-electron chi connectivity index (χ1n) is 10.7. The molecule has 3 N–H and O–H groups in total. The minimum atomic E-state index is -1.10. The maximum atomic E-state index is 11.3. The molecule has 1 aliphatic carbocycles. The molecule has 0 amide bonds. The van der Waals surface area contributed by atoms with Crippen LogP contribution in [0.4, 0.5) is 11.6 Å². The number of nitrogens with zero attached hydrogens (tertiary/aromatic N) is 4. The van der Waals surface area contributed by atoms with Crippen LogP contribution in [0.25, 0.3) is 10.6 Å². The fraction of sp³-hybridized carbons (Fsp3) is 0.435. The van der Waals surface area contributed by atoms with Gasteiger partial charge in [0.05, 0.1) is 16.5 Å². The number of hydrogen-bond donors (Lipinski definition) is 3. The topological polar surface area (TPSA) is 121 Å². The van der Waals surface area contributed by atoms with Gasteiger partial charge in [-0.2, -0.15) is 0 Å². The van der Waals surface area contributed by atoms with Gasteiger partial charge in [0, 0.05) is 29.5 Å². The summed E-state index contributed by atoms with van der Waals surface area (Å²) < 4.78 is 0. The van der Waals surface area contributed by atoms with E-state index in [4.69, 9.17) is 0 Å². The fourth-order valence-corrected chi connectivity index (χ4v) is 5.21. The normalized spacial score (nSPS) is 20.5. The second-order valence-electron chi connectivity index (χ2n) is 8.59. The Kier molecular flexibility index (Phi) is 6.21. The Morgan fingerprint density at radius 3 is 2.56 bits per heavy atom. The molecule has 3 aromatic rings. The van der Waals surface area contributed by atoms with Crippen molar-refractivity contribution in [2.45, 2.75) is 52.1 Å². The first-order chi connectivity index (χ1) is 15.2. The Morgan fingerprint density at radius 1 is 1.12 bits per heavy atom. The van der Waals surface area contributed by atoms with Crippen molar-refractivity contribution >= 4 is 28.9 Å². The van der Waals surface area contributed by atoms with E-state index in [0.29, 0.717) is 36.6 Å². The van der Waals surface area contributed by atoms with E-state index in [2.05, 4.69) is 25.3 Å². The van der Waals surface area contributed by atoms with Gasteiger partial charge in [-0.3, -0.25) is 9.78 Å². The number of aliphatic carboxylic acids is 1. The summed E-state index contributed by atoms with van der Waals surface area (Å²) in [7, 11) is 0. The lowest BCUT2D eigenvalue weighted by Crippen LogP contribution is -2.35. The molecule has 168 valence electrons. The molecule has 1 aliphatic rings. The number of carbonyl (C=O) groups is 1. The summed E-state index contributed by atoms with van der Waals surface area (Å²) in [5, 5.41) is 24.4. The summed E-state index contributed by atoms with van der Waals surface area (Å²) in [6.07, 6.45) is 5.97. The second-order valence-corrected chi connectivity index (χ2v) is 9.62. The lowest BCUT2D eigenvalue weighted by atomic mass is 9.74. The number of thiazole rings is 1. The third-order valence-electron chi connectivity index (χ3n) is 6.07. The van der Waals surface area contributed by atoms with Crippen LogP contribution < -0.4 is 5.32 Å². The van der Waals surface area contributed by atoms with Crippen molar-refractivity contribution in [3.8, 4) is 10.6 Å². The quantitative estimate of drug-likeness (QED) is 0.500. The van der Waals surface area contributed by atoms with Crippen LogP contribution in [-0.4, -0.2) is 36.1 Å². The van der Waals surface area contributed by atoms with Crippen LogP contribution in [0.2, 0.25) is 0 Å². The zero-order chi connectivity index (χ0) is 22.9. The Bertz CT molecular complexity index is 1120. The Balaban J connectivity index is 1.54. The molecule has 0 saturated heterocycles. The lowest BCUT2D eigenvalue weighted by Gasteiger charge is -2.35. The van der Waals surface area contributed by atoms with Gasteiger partial charge in [-0.25, -0.2) is 15.0 Å². The molecule has 1 atom stereocenters. The SMILES string of the molecule is Cc1cc(Nc2nccc(C)n2)cc(-c2cnc(C(C)(O)[C@H]3CC[C@H](C(=O)O)CC3)s2)n1. The van der Waals surface area contributed by atoms with E-state index in [9.17, 15) is 15.0 Å². The predicted octanol–water partition coefficient (Wildman–Crippen LogP) is 4.45. The first kappa shape index (κ1) is 22.3. The Morgan fingerprint density at radius 2 is 1.88 bits per heavy atom. The summed E-state index contributed by atoms with van der Waals surface area (Å²) in [5.41, 5.74) is 2.19. The number of aryl methyl sites for hydroxylation is 2. The van der Waals surface area contributed by atoms with Gasteiger partial charge in [-0.1, -0.05) is 0 Å². The highest BCUT2D eigenvalue weighted by Crippen LogP contribution is 2.43. The molecule has 0 bridgehead atoms. The standard InChI is InChI=1S/C23H27N5O3S/c1-13-8-9-24-22(27-13)28-17-10-14(2)26-18(11-17)19-12-25-21(32-19)23(3,31)16-6-4-15(5-7-16)20(29)30/h8-12,15-16,31H,4-7H2,1-3H3,(H,29,30)(H,24,26,27,28)/t15-,16-,23?. The average Bonchev–Trinajstić information content (AvgIpc) is 3.25. The number of carboxylic acids is 1. The molecular formula is C23H27N5O3S. The second kappa shape index (κ2) is 8.91. The molecule has 1 unspecified atom stereocenters. The van der Waals surface area contributed by atoms with Gasteiger partial charge in [0.1, 0.15) is 10.6 Å². The van der Waals surface area contributed by atoms with Gasteiger partial charge < -0.3 is 15.5 Å². The number of rotatable bonds is 6. The minimum absolute atomic E-state index is 0.0155. The number of nitrogens with one attached hydrogen (secondary N) is 1. The van der Waals surface area contributed by atoms with Crippen molar-refractivity contribution < 1.29 is 15.0 Å². The third kappa shape index (κ3) is 4.78. The van der Waals surface area contributed by atoms with Gasteiger partial charge in [-0.15, -0.1) is 11.3 Å². The summed E-state index contributed by atoms with van der Waals surface area (Å²) in [6, 6.07) is 5.68. The van der Waals surface area contributed by atoms with Gasteiger partial charge in [0.25, 0.3) is 0 Å². The molecule has 1 fully saturated rings. The van der Waals surface area contributed by atoms with Crippen molar-refractivity contribution in [3.63, 3.8) is 0 Å². The summed E-state index contributed by atoms with van der Waals surface area (Å²) >= 11 is 1.42. The van der Waals surface area contributed by atoms with E-state index in [1.54, 1.807) is 19.3 Å². The van der Waals surface area contributed by atoms with Crippen molar-refractivity contribution in [1.82, 2.24) is 19.9 Å². The molecule has 3 heterocycles. The van der Waals surface area contributed by atoms with Crippen molar-refractivity contribution in [1.29, 1.82) is 0 Å². The number of anilines is 2. The van der Waals surface area contributed by atoms with Crippen LogP contribution in [0.5, 0.6) is 0 Å². The molecule has 3 aromatic heterocycles. The largest absolute Gasteiger partial charge is 0.481 e. The van der Waals surface area contributed by atoms with E-state index < -0.39 is 11.6 Å². The van der Waals surface area contributed by atoms with Crippen molar-refractivity contribution in [3.05, 3.63) is 47.0 Å². The van der Waals surface area contributed by atoms with Gasteiger partial charge in [0.2, 0.25) is 5.95 Å². The lowest BCUT2D eigenvalue weighted by molar-refractivity contribution is -0.144. The Labute approximate surface area is 190 Å². The molecule has 0 aliphatic heterocycles. The molecule has 4 rings (SSSR count). The Hall–Kier alpha value is -2.91. The highest BCUT2D eigenvalue weighted by molar-refractivity contribution is 7.15. The highest BCUT2D eigenvalue weighted by Gasteiger charge is 2.40. The van der Waals surface area contributed by atoms with Crippen LogP contribution in [-0.2, 0) is 10.4 Å². The van der Waals surface area contributed by atoms with Crippen molar-refractivity contribution in [2.24, 2.45) is 11.8 Å². The molecule has 0 radical (unpaired) electrons. The fourth-order valence-electron chi connectivity index (χ4n) is 4.21. The predicted molar refractivity (Wildman–Crippen MR) is 123 cm³/mol. The van der Waals surface area contributed by atoms with E-state index in [-0.39, 0.29) is 11.8 Å². The van der Waals surface area contributed by atoms with E-state index in [1.807, 2.05) is 32.0 Å². The zero-order valence-electron chi connectivity index (χ0n) is 18.4. The van der Waals surface area contributed by atoms with Crippen LogP contribution in [0.15, 0.2) is 30.6 Å². The molecule has 0 aromatic carbocycles. The number of aromatic nitrogens is 4. The molecule has 0 spiro atoms. The number of hydrogen-bond acceptors (Lipinski definition) is 8. The molecular weight excluding hydrogens is 426 g/mol. The van der Waals surface area contributed by atoms with E-state index in [0.717, 1.165) is 27.6 Å². The number of carboxylic acid groups (broad SMARTS) is 1. The van der Waals surface area contributed by atoms with Crippen LogP contribution in [0.3, 0.4) is 0 Å². The minimum Gasteiger partial charge on any atom is -0.481 e. The average molecular weight is 454 g/mol. The van der Waals surface area contributed by atoms with E-state index >= 15 is 0 Å². The third-order valence-corrected chi connectivity index (χ3v) is 7.31. The van der Waals surface area contributed by atoms with Crippen LogP contribution in [0, 0.1) is 25.7 Å². The summed E-state index contributed by atoms with van der Waals surface area (Å²) in [4.78, 5) is 29.9. The molecule has 1 saturated carbocycles. The maximum Gasteiger partial charge on any atom is 0.306 e. The summed E-state index contributed by atoms with van der Waals surface area (Å²) in [5.74, 6) is -0.552. The van der Waals surface area contributed by atoms with Gasteiger partial charge >= 0.3 is 5.97 Å². The zero-order valence-corrected chi connectivity index (χ0v) is 19.2. The highest BCUT2D eigenvalue weighted by atomic mass is 32.1. The van der Waals surface area contributed by atoms with Crippen LogP contribution in [0.1, 0.15) is 49.0 Å². The molecule has 32 heavy (non-hydrogen) atoms. The smallest absolute Gasteiger partial charge is 0.306 e. The van der Waals surface area contributed by atoms with Gasteiger partial charge in [0.15, 0.2) is 0 Å². The molecule has 9 heteroatoms. The van der Waals surface area contributed by atoms with Gasteiger partial charge in [-0.05, 0) is 70.6 Å². The maximum absolute atomic E-state index is 11.3. The summed E-state index contributed by atoms with van der Waals surface area (Å²) in [6.45, 7) is 5.62. The van der Waals surface area contributed by atoms with Crippen LogP contribution >= 0.6 is 11.3 Å². The first-order valence-corrected chi connectivity index (χ1v) is 11.5. The number of pyridine rings is 1. The van der Waals surface area contributed by atoms with Crippen molar-refractivity contribution in [2.75, 3.05) is 5.32 Å². The number of aliphatic hydroxyl groups is 1.